The van der Waals surface area contributed by atoms with Gasteiger partial charge in [-0.2, -0.15) is 0 Å². The summed E-state index contributed by atoms with van der Waals surface area (Å²) in [6, 6.07) is 9.60. The number of benzene rings is 1. The maximum Gasteiger partial charge on any atom is 0.193 e. The fourth-order valence-electron chi connectivity index (χ4n) is 2.26. The SMILES string of the molecule is CC(O)(CN=C(N)Nc1ccccc1)CN1CCOCC1.I. The summed E-state index contributed by atoms with van der Waals surface area (Å²) in [7, 11) is 0. The molecule has 2 rings (SSSR count). The second-order valence-electron chi connectivity index (χ2n) is 5.58. The Morgan fingerprint density at radius 2 is 2.00 bits per heavy atom. The molecular formula is C15H25IN4O2. The van der Waals surface area contributed by atoms with Gasteiger partial charge in [0.25, 0.3) is 0 Å². The van der Waals surface area contributed by atoms with Crippen molar-refractivity contribution in [2.24, 2.45) is 10.7 Å². The number of morpholine rings is 1. The fourth-order valence-corrected chi connectivity index (χ4v) is 2.26. The number of halogens is 1. The van der Waals surface area contributed by atoms with Crippen LogP contribution in [0.2, 0.25) is 0 Å². The van der Waals surface area contributed by atoms with E-state index in [1.807, 2.05) is 30.3 Å². The van der Waals surface area contributed by atoms with E-state index in [2.05, 4.69) is 15.2 Å². The maximum atomic E-state index is 10.4. The Labute approximate surface area is 148 Å². The van der Waals surface area contributed by atoms with E-state index in [4.69, 9.17) is 10.5 Å². The van der Waals surface area contributed by atoms with Crippen molar-refractivity contribution in [1.82, 2.24) is 4.90 Å². The largest absolute Gasteiger partial charge is 0.387 e. The topological polar surface area (TPSA) is 83.1 Å². The zero-order valence-corrected chi connectivity index (χ0v) is 15.2. The van der Waals surface area contributed by atoms with Gasteiger partial charge in [0.05, 0.1) is 25.4 Å². The molecule has 1 aromatic rings. The Hall–Kier alpha value is -0.900. The summed E-state index contributed by atoms with van der Waals surface area (Å²) in [4.78, 5) is 6.41. The number of hydrogen-bond acceptors (Lipinski definition) is 4. The smallest absolute Gasteiger partial charge is 0.193 e. The molecule has 1 unspecified atom stereocenters. The highest BCUT2D eigenvalue weighted by Gasteiger charge is 2.25. The first-order valence-corrected chi connectivity index (χ1v) is 7.20. The molecule has 1 fully saturated rings. The minimum atomic E-state index is -0.902. The van der Waals surface area contributed by atoms with E-state index in [1.165, 1.54) is 0 Å². The number of rotatable bonds is 5. The number of β-amino-alcohol motifs (C(OH)–C–C–N with tert-alkyl or cyclic N) is 1. The van der Waals surface area contributed by atoms with Crippen molar-refractivity contribution in [2.45, 2.75) is 12.5 Å². The van der Waals surface area contributed by atoms with E-state index in [0.717, 1.165) is 32.0 Å². The third-order valence-corrected chi connectivity index (χ3v) is 3.30. The van der Waals surface area contributed by atoms with Crippen molar-refractivity contribution in [2.75, 3.05) is 44.7 Å². The molecule has 0 aliphatic carbocycles. The molecule has 22 heavy (non-hydrogen) atoms. The Kier molecular flexibility index (Phi) is 8.08. The average Bonchev–Trinajstić information content (AvgIpc) is 2.47. The van der Waals surface area contributed by atoms with Crippen molar-refractivity contribution in [3.8, 4) is 0 Å². The molecule has 1 aliphatic rings. The van der Waals surface area contributed by atoms with Crippen molar-refractivity contribution < 1.29 is 9.84 Å². The Balaban J connectivity index is 0.00000242. The van der Waals surface area contributed by atoms with Crippen LogP contribution in [-0.4, -0.2) is 61.0 Å². The third-order valence-electron chi connectivity index (χ3n) is 3.30. The normalized spacial score (nSPS) is 19.1. The molecule has 7 heteroatoms. The molecule has 0 amide bonds. The molecular weight excluding hydrogens is 395 g/mol. The van der Waals surface area contributed by atoms with E-state index in [0.29, 0.717) is 12.5 Å². The van der Waals surface area contributed by atoms with Gasteiger partial charge in [-0.15, -0.1) is 24.0 Å². The Morgan fingerprint density at radius 1 is 1.36 bits per heavy atom. The molecule has 6 nitrogen and oxygen atoms in total. The predicted molar refractivity (Wildman–Crippen MR) is 99.9 cm³/mol. The molecule has 1 atom stereocenters. The molecule has 1 saturated heterocycles. The molecule has 0 radical (unpaired) electrons. The van der Waals surface area contributed by atoms with Gasteiger partial charge in [-0.25, -0.2) is 0 Å². The van der Waals surface area contributed by atoms with Crippen LogP contribution >= 0.6 is 24.0 Å². The second-order valence-corrected chi connectivity index (χ2v) is 5.58. The molecule has 1 aromatic carbocycles. The summed E-state index contributed by atoms with van der Waals surface area (Å²) in [5.41, 5.74) is 5.82. The zero-order chi connectivity index (χ0) is 15.1. The highest BCUT2D eigenvalue weighted by atomic mass is 127. The van der Waals surface area contributed by atoms with Gasteiger partial charge in [-0.3, -0.25) is 9.89 Å². The first-order valence-electron chi connectivity index (χ1n) is 7.20. The molecule has 0 bridgehead atoms. The van der Waals surface area contributed by atoms with Crippen LogP contribution in [0, 0.1) is 0 Å². The van der Waals surface area contributed by atoms with Crippen molar-refractivity contribution in [3.05, 3.63) is 30.3 Å². The van der Waals surface area contributed by atoms with Gasteiger partial charge in [0, 0.05) is 25.3 Å². The summed E-state index contributed by atoms with van der Waals surface area (Å²) in [6.45, 7) is 5.74. The number of aliphatic hydroxyl groups is 1. The monoisotopic (exact) mass is 420 g/mol. The summed E-state index contributed by atoms with van der Waals surface area (Å²) in [5.74, 6) is 0.309. The molecule has 4 N–H and O–H groups in total. The lowest BCUT2D eigenvalue weighted by Gasteiger charge is -2.33. The molecule has 0 spiro atoms. The van der Waals surface area contributed by atoms with Crippen LogP contribution in [-0.2, 0) is 4.74 Å². The fraction of sp³-hybridized carbons (Fsp3) is 0.533. The van der Waals surface area contributed by atoms with Gasteiger partial charge in [0.15, 0.2) is 5.96 Å². The number of nitrogens with two attached hydrogens (primary N) is 1. The molecule has 124 valence electrons. The van der Waals surface area contributed by atoms with Crippen LogP contribution in [0.1, 0.15) is 6.92 Å². The van der Waals surface area contributed by atoms with E-state index < -0.39 is 5.60 Å². The van der Waals surface area contributed by atoms with Crippen molar-refractivity contribution >= 4 is 35.6 Å². The van der Waals surface area contributed by atoms with E-state index in [1.54, 1.807) is 6.92 Å². The lowest BCUT2D eigenvalue weighted by molar-refractivity contribution is -0.0179. The summed E-state index contributed by atoms with van der Waals surface area (Å²) < 4.78 is 5.30. The lowest BCUT2D eigenvalue weighted by atomic mass is 10.1. The minimum absolute atomic E-state index is 0. The highest BCUT2D eigenvalue weighted by Crippen LogP contribution is 2.10. The summed E-state index contributed by atoms with van der Waals surface area (Å²) in [6.07, 6.45) is 0. The summed E-state index contributed by atoms with van der Waals surface area (Å²) >= 11 is 0. The van der Waals surface area contributed by atoms with Gasteiger partial charge < -0.3 is 20.9 Å². The number of guanidine groups is 1. The minimum Gasteiger partial charge on any atom is -0.387 e. The van der Waals surface area contributed by atoms with Crippen molar-refractivity contribution in [3.63, 3.8) is 0 Å². The first-order chi connectivity index (χ1) is 10.1. The number of aliphatic imine (C=N–C) groups is 1. The number of para-hydroxylation sites is 1. The van der Waals surface area contributed by atoms with Crippen LogP contribution in [0.25, 0.3) is 0 Å². The zero-order valence-electron chi connectivity index (χ0n) is 12.9. The Bertz CT molecular complexity index is 462. The van der Waals surface area contributed by atoms with Crippen LogP contribution in [0.4, 0.5) is 5.69 Å². The predicted octanol–water partition coefficient (Wildman–Crippen LogP) is 1.11. The molecule has 0 saturated carbocycles. The van der Waals surface area contributed by atoms with Crippen LogP contribution in [0.15, 0.2) is 35.3 Å². The lowest BCUT2D eigenvalue weighted by Crippen LogP contribution is -2.47. The van der Waals surface area contributed by atoms with Crippen LogP contribution < -0.4 is 11.1 Å². The van der Waals surface area contributed by atoms with Gasteiger partial charge >= 0.3 is 0 Å². The van der Waals surface area contributed by atoms with Crippen LogP contribution in [0.3, 0.4) is 0 Å². The number of anilines is 1. The number of nitrogens with zero attached hydrogens (tertiary/aromatic N) is 2. The number of hydrogen-bond donors (Lipinski definition) is 3. The van der Waals surface area contributed by atoms with Gasteiger partial charge in [-0.1, -0.05) is 18.2 Å². The highest BCUT2D eigenvalue weighted by molar-refractivity contribution is 14.0. The maximum absolute atomic E-state index is 10.4. The van der Waals surface area contributed by atoms with Crippen molar-refractivity contribution in [1.29, 1.82) is 0 Å². The molecule has 1 heterocycles. The molecule has 1 aliphatic heterocycles. The number of nitrogens with one attached hydrogen (secondary N) is 1. The standard InChI is InChI=1S/C15H24N4O2.HI/c1-15(20,12-19-7-9-21-10-8-19)11-17-14(16)18-13-5-3-2-4-6-13;/h2-6,20H,7-12H2,1H3,(H3,16,17,18);1H. The second kappa shape index (κ2) is 9.29. The average molecular weight is 420 g/mol. The van der Waals surface area contributed by atoms with Gasteiger partial charge in [0.2, 0.25) is 0 Å². The van der Waals surface area contributed by atoms with E-state index in [-0.39, 0.29) is 30.5 Å². The quantitative estimate of drug-likeness (QED) is 0.378. The summed E-state index contributed by atoms with van der Waals surface area (Å²) in [5, 5.41) is 13.4. The molecule has 0 aromatic heterocycles. The first kappa shape index (κ1) is 19.1. The van der Waals surface area contributed by atoms with E-state index >= 15 is 0 Å². The Morgan fingerprint density at radius 3 is 2.64 bits per heavy atom. The van der Waals surface area contributed by atoms with Crippen LogP contribution in [0.5, 0.6) is 0 Å². The number of ether oxygens (including phenoxy) is 1. The van der Waals surface area contributed by atoms with Gasteiger partial charge in [0.1, 0.15) is 0 Å². The van der Waals surface area contributed by atoms with Gasteiger partial charge in [-0.05, 0) is 19.1 Å². The third kappa shape index (κ3) is 6.91. The van der Waals surface area contributed by atoms with E-state index in [9.17, 15) is 5.11 Å².